The highest BCUT2D eigenvalue weighted by atomic mass is 35.5. The zero-order chi connectivity index (χ0) is 13.0. The minimum absolute atomic E-state index is 0. The molecule has 1 aromatic carbocycles. The lowest BCUT2D eigenvalue weighted by Gasteiger charge is -2.04. The number of hydrogen-bond donors (Lipinski definition) is 1. The average Bonchev–Trinajstić information content (AvgIpc) is 2.40. The molecule has 0 unspecified atom stereocenters. The Morgan fingerprint density at radius 1 is 1.26 bits per heavy atom. The molecule has 0 saturated heterocycles. The summed E-state index contributed by atoms with van der Waals surface area (Å²) in [4.78, 5) is 11.4. The van der Waals surface area contributed by atoms with E-state index in [1.807, 2.05) is 53.4 Å². The Hall–Kier alpha value is -2.13. The van der Waals surface area contributed by atoms with Crippen LogP contribution in [-0.4, -0.2) is 5.91 Å². The van der Waals surface area contributed by atoms with Crippen LogP contribution in [0.2, 0.25) is 0 Å². The molecule has 19 heavy (non-hydrogen) atoms. The topological polar surface area (TPSA) is 47.0 Å². The zero-order valence-corrected chi connectivity index (χ0v) is 11.2. The second-order valence-corrected chi connectivity index (χ2v) is 4.04. The van der Waals surface area contributed by atoms with Crippen molar-refractivity contribution in [2.75, 3.05) is 0 Å². The molecule has 1 aromatic heterocycles. The monoisotopic (exact) mass is 274 g/mol. The number of rotatable bonds is 4. The molecule has 2 aromatic rings. The SMILES string of the molecule is C=Cc1ccc(C[n+]2ccccc2)cc1C(N)=O.[Cl-]. The quantitative estimate of drug-likeness (QED) is 0.698. The molecule has 4 heteroatoms. The maximum atomic E-state index is 11.4. The number of hydrogen-bond acceptors (Lipinski definition) is 1. The number of pyridine rings is 1. The number of benzene rings is 1. The molecule has 0 atom stereocenters. The first-order valence-corrected chi connectivity index (χ1v) is 5.70. The highest BCUT2D eigenvalue weighted by Crippen LogP contribution is 2.12. The highest BCUT2D eigenvalue weighted by molar-refractivity contribution is 5.96. The molecule has 0 fully saturated rings. The first-order chi connectivity index (χ1) is 8.70. The van der Waals surface area contributed by atoms with E-state index >= 15 is 0 Å². The molecule has 0 aliphatic rings. The molecule has 0 aliphatic carbocycles. The van der Waals surface area contributed by atoms with Gasteiger partial charge in [0, 0.05) is 23.3 Å². The van der Waals surface area contributed by atoms with Gasteiger partial charge in [-0.3, -0.25) is 4.79 Å². The lowest BCUT2D eigenvalue weighted by molar-refractivity contribution is -0.688. The van der Waals surface area contributed by atoms with Crippen molar-refractivity contribution in [3.05, 3.63) is 72.1 Å². The molecule has 1 amide bonds. The third-order valence-corrected chi connectivity index (χ3v) is 2.75. The molecule has 0 saturated carbocycles. The third-order valence-electron chi connectivity index (χ3n) is 2.75. The van der Waals surface area contributed by atoms with Crippen molar-refractivity contribution >= 4 is 12.0 Å². The van der Waals surface area contributed by atoms with Gasteiger partial charge in [-0.15, -0.1) is 0 Å². The van der Waals surface area contributed by atoms with Crippen molar-refractivity contribution in [3.63, 3.8) is 0 Å². The summed E-state index contributed by atoms with van der Waals surface area (Å²) in [6, 6.07) is 11.6. The van der Waals surface area contributed by atoms with Crippen LogP contribution in [0.4, 0.5) is 0 Å². The second-order valence-electron chi connectivity index (χ2n) is 4.04. The summed E-state index contributed by atoms with van der Waals surface area (Å²) in [5, 5.41) is 0. The number of halogens is 1. The molecule has 0 radical (unpaired) electrons. The second kappa shape index (κ2) is 6.71. The fourth-order valence-corrected chi connectivity index (χ4v) is 1.84. The van der Waals surface area contributed by atoms with Gasteiger partial charge in [-0.25, -0.2) is 4.57 Å². The Morgan fingerprint density at radius 2 is 1.95 bits per heavy atom. The van der Waals surface area contributed by atoms with Gasteiger partial charge in [0.15, 0.2) is 18.9 Å². The zero-order valence-electron chi connectivity index (χ0n) is 10.4. The summed E-state index contributed by atoms with van der Waals surface area (Å²) in [5.74, 6) is -0.426. The lowest BCUT2D eigenvalue weighted by atomic mass is 10.0. The molecule has 98 valence electrons. The number of aromatic nitrogens is 1. The fraction of sp³-hybridized carbons (Fsp3) is 0.0667. The molecular weight excluding hydrogens is 260 g/mol. The summed E-state index contributed by atoms with van der Waals surface area (Å²) in [6.07, 6.45) is 5.59. The third kappa shape index (κ3) is 3.66. The van der Waals surface area contributed by atoms with Gasteiger partial charge in [0.05, 0.1) is 0 Å². The maximum Gasteiger partial charge on any atom is 0.249 e. The van der Waals surface area contributed by atoms with Crippen molar-refractivity contribution in [1.29, 1.82) is 0 Å². The molecule has 2 rings (SSSR count). The van der Waals surface area contributed by atoms with E-state index < -0.39 is 5.91 Å². The van der Waals surface area contributed by atoms with Crippen LogP contribution in [0.1, 0.15) is 21.5 Å². The largest absolute Gasteiger partial charge is 1.00 e. The van der Waals surface area contributed by atoms with Crippen molar-refractivity contribution < 1.29 is 21.8 Å². The van der Waals surface area contributed by atoms with Crippen LogP contribution >= 0.6 is 0 Å². The molecule has 0 spiro atoms. The van der Waals surface area contributed by atoms with Gasteiger partial charge in [-0.05, 0) is 11.6 Å². The summed E-state index contributed by atoms with van der Waals surface area (Å²) < 4.78 is 2.04. The molecule has 0 aliphatic heterocycles. The Balaban J connectivity index is 0.00000180. The minimum atomic E-state index is -0.426. The van der Waals surface area contributed by atoms with Gasteiger partial charge >= 0.3 is 0 Å². The van der Waals surface area contributed by atoms with E-state index in [1.165, 1.54) is 0 Å². The highest BCUT2D eigenvalue weighted by Gasteiger charge is 2.09. The Bertz CT molecular complexity index is 582. The number of nitrogens with zero attached hydrogens (tertiary/aromatic N) is 1. The van der Waals surface area contributed by atoms with E-state index in [2.05, 4.69) is 6.58 Å². The van der Waals surface area contributed by atoms with Crippen molar-refractivity contribution in [3.8, 4) is 0 Å². The van der Waals surface area contributed by atoms with Crippen LogP contribution in [0.25, 0.3) is 6.08 Å². The molecule has 0 bridgehead atoms. The Kier molecular flexibility index (Phi) is 5.27. The number of carbonyl (C=O) groups is 1. The Labute approximate surface area is 118 Å². The first kappa shape index (κ1) is 14.9. The molecule has 1 heterocycles. The van der Waals surface area contributed by atoms with Crippen LogP contribution in [0, 0.1) is 0 Å². The van der Waals surface area contributed by atoms with Crippen LogP contribution in [0.5, 0.6) is 0 Å². The molecular formula is C15H15ClN2O. The van der Waals surface area contributed by atoms with Gasteiger partial charge in [0.1, 0.15) is 0 Å². The summed E-state index contributed by atoms with van der Waals surface area (Å²) in [6.45, 7) is 4.38. The first-order valence-electron chi connectivity index (χ1n) is 5.70. The summed E-state index contributed by atoms with van der Waals surface area (Å²) in [7, 11) is 0. The molecule has 3 nitrogen and oxygen atoms in total. The number of primary amides is 1. The summed E-state index contributed by atoms with van der Waals surface area (Å²) >= 11 is 0. The van der Waals surface area contributed by atoms with E-state index in [4.69, 9.17) is 5.73 Å². The van der Waals surface area contributed by atoms with Gasteiger partial charge < -0.3 is 18.1 Å². The van der Waals surface area contributed by atoms with Gasteiger partial charge in [0.25, 0.3) is 0 Å². The van der Waals surface area contributed by atoms with E-state index in [-0.39, 0.29) is 12.4 Å². The number of amides is 1. The van der Waals surface area contributed by atoms with Crippen LogP contribution in [0.3, 0.4) is 0 Å². The predicted molar refractivity (Wildman–Crippen MR) is 70.8 cm³/mol. The van der Waals surface area contributed by atoms with Crippen molar-refractivity contribution in [1.82, 2.24) is 0 Å². The van der Waals surface area contributed by atoms with E-state index in [1.54, 1.807) is 6.08 Å². The standard InChI is InChI=1S/C15H14N2O.ClH/c1-2-13-7-6-12(10-14(13)15(16)18)11-17-8-4-3-5-9-17;/h2-10H,1,11H2,(H-,16,18);1H. The van der Waals surface area contributed by atoms with E-state index in [0.29, 0.717) is 12.1 Å². The minimum Gasteiger partial charge on any atom is -1.00 e. The molecule has 2 N–H and O–H groups in total. The van der Waals surface area contributed by atoms with Gasteiger partial charge in [-0.2, -0.15) is 0 Å². The lowest BCUT2D eigenvalue weighted by Crippen LogP contribution is -3.00. The van der Waals surface area contributed by atoms with Crippen molar-refractivity contribution in [2.24, 2.45) is 5.73 Å². The smallest absolute Gasteiger partial charge is 0.249 e. The normalized spacial score (nSPS) is 9.47. The summed E-state index contributed by atoms with van der Waals surface area (Å²) in [5.41, 5.74) is 7.67. The van der Waals surface area contributed by atoms with Crippen LogP contribution in [0.15, 0.2) is 55.4 Å². The number of nitrogens with two attached hydrogens (primary N) is 1. The van der Waals surface area contributed by atoms with Gasteiger partial charge in [0.2, 0.25) is 5.91 Å². The van der Waals surface area contributed by atoms with E-state index in [0.717, 1.165) is 11.1 Å². The van der Waals surface area contributed by atoms with Crippen LogP contribution < -0.4 is 22.7 Å². The number of carbonyl (C=O) groups excluding carboxylic acids is 1. The Morgan fingerprint density at radius 3 is 2.53 bits per heavy atom. The fourth-order valence-electron chi connectivity index (χ4n) is 1.84. The maximum absolute atomic E-state index is 11.4. The van der Waals surface area contributed by atoms with Crippen molar-refractivity contribution in [2.45, 2.75) is 6.54 Å². The van der Waals surface area contributed by atoms with E-state index in [9.17, 15) is 4.79 Å². The van der Waals surface area contributed by atoms with Crippen LogP contribution in [-0.2, 0) is 6.54 Å². The predicted octanol–water partition coefficient (Wildman–Crippen LogP) is -1.23. The average molecular weight is 275 g/mol. The van der Waals surface area contributed by atoms with Gasteiger partial charge in [-0.1, -0.05) is 30.9 Å².